The smallest absolute Gasteiger partial charge is 0.173 e. The summed E-state index contributed by atoms with van der Waals surface area (Å²) >= 11 is 5.90. The Hall–Kier alpha value is -2.63. The van der Waals surface area contributed by atoms with E-state index in [-0.39, 0.29) is 10.8 Å². The lowest BCUT2D eigenvalue weighted by molar-refractivity contribution is 1.09. The van der Waals surface area contributed by atoms with Crippen LogP contribution >= 0.6 is 11.6 Å². The number of anilines is 1. The molecule has 20 heavy (non-hydrogen) atoms. The first-order valence-electron chi connectivity index (χ1n) is 5.72. The van der Waals surface area contributed by atoms with Crippen molar-refractivity contribution in [1.82, 2.24) is 9.97 Å². The fourth-order valence-corrected chi connectivity index (χ4v) is 1.47. The van der Waals surface area contributed by atoms with E-state index in [0.29, 0.717) is 17.1 Å². The van der Waals surface area contributed by atoms with Crippen LogP contribution in [0.2, 0.25) is 5.15 Å². The minimum Gasteiger partial charge on any atom is -0.344 e. The minimum absolute atomic E-state index is 0.120. The van der Waals surface area contributed by atoms with Crippen molar-refractivity contribution < 1.29 is 0 Å². The predicted octanol–water partition coefficient (Wildman–Crippen LogP) is 3.26. The third-order valence-corrected chi connectivity index (χ3v) is 2.46. The summed E-state index contributed by atoms with van der Waals surface area (Å²) < 4.78 is 0. The van der Waals surface area contributed by atoms with Crippen molar-refractivity contribution in [2.24, 2.45) is 0 Å². The van der Waals surface area contributed by atoms with Gasteiger partial charge < -0.3 is 5.32 Å². The molecule has 1 N–H and O–H groups in total. The van der Waals surface area contributed by atoms with Crippen molar-refractivity contribution in [1.29, 1.82) is 10.5 Å². The van der Waals surface area contributed by atoms with Gasteiger partial charge in [0, 0.05) is 6.20 Å². The molecule has 1 heterocycles. The number of aryl methyl sites for hydroxylation is 1. The third-order valence-electron chi connectivity index (χ3n) is 2.20. The maximum atomic E-state index is 8.81. The molecule has 5 nitrogen and oxygen atoms in total. The molecule has 0 saturated carbocycles. The van der Waals surface area contributed by atoms with Crippen molar-refractivity contribution >= 4 is 17.4 Å². The summed E-state index contributed by atoms with van der Waals surface area (Å²) in [7, 11) is 0. The lowest BCUT2D eigenvalue weighted by atomic mass is 10.2. The molecule has 100 valence electrons. The molecule has 0 atom stereocenters. The molecule has 6 heteroatoms. The Balaban J connectivity index is 2.84. The summed E-state index contributed by atoms with van der Waals surface area (Å²) in [6.45, 7) is 3.51. The molecule has 1 rings (SSSR count). The first-order chi connectivity index (χ1) is 9.62. The van der Waals surface area contributed by atoms with Crippen LogP contribution in [0.3, 0.4) is 0 Å². The second kappa shape index (κ2) is 7.73. The van der Waals surface area contributed by atoms with E-state index in [1.54, 1.807) is 37.4 Å². The SMILES string of the molecule is C\C=C/C(C#N)=C\C=C\Nc1nc(C)c(C#N)nc1Cl. The second-order valence-electron chi connectivity index (χ2n) is 3.65. The maximum absolute atomic E-state index is 8.81. The summed E-state index contributed by atoms with van der Waals surface area (Å²) in [5.41, 5.74) is 1.22. The van der Waals surface area contributed by atoms with Crippen LogP contribution in [0.15, 0.2) is 36.1 Å². The average molecular weight is 286 g/mol. The Morgan fingerprint density at radius 1 is 1.35 bits per heavy atom. The van der Waals surface area contributed by atoms with Gasteiger partial charge >= 0.3 is 0 Å². The number of nitrogens with one attached hydrogen (secondary N) is 1. The Bertz CT molecular complexity index is 659. The lowest BCUT2D eigenvalue weighted by Crippen LogP contribution is -2.00. The van der Waals surface area contributed by atoms with E-state index in [0.717, 1.165) is 0 Å². The predicted molar refractivity (Wildman–Crippen MR) is 77.8 cm³/mol. The molecular formula is C14H12ClN5. The van der Waals surface area contributed by atoms with Gasteiger partial charge in [0.05, 0.1) is 17.3 Å². The van der Waals surface area contributed by atoms with Gasteiger partial charge in [-0.1, -0.05) is 17.7 Å². The van der Waals surface area contributed by atoms with E-state index in [9.17, 15) is 0 Å². The summed E-state index contributed by atoms with van der Waals surface area (Å²) in [5, 5.41) is 20.6. The normalized spacial score (nSPS) is 11.6. The van der Waals surface area contributed by atoms with Gasteiger partial charge in [0.1, 0.15) is 6.07 Å². The van der Waals surface area contributed by atoms with E-state index in [2.05, 4.69) is 15.3 Å². The van der Waals surface area contributed by atoms with Gasteiger partial charge in [0.2, 0.25) is 0 Å². The average Bonchev–Trinajstić information content (AvgIpc) is 2.45. The van der Waals surface area contributed by atoms with Crippen LogP contribution in [-0.4, -0.2) is 9.97 Å². The maximum Gasteiger partial charge on any atom is 0.173 e. The Morgan fingerprint density at radius 2 is 2.10 bits per heavy atom. The molecule has 0 aliphatic rings. The largest absolute Gasteiger partial charge is 0.344 e. The monoisotopic (exact) mass is 285 g/mol. The fraction of sp³-hybridized carbons (Fsp3) is 0.143. The molecule has 0 unspecified atom stereocenters. The first kappa shape index (κ1) is 15.4. The summed E-state index contributed by atoms with van der Waals surface area (Å²) in [6, 6.07) is 3.95. The summed E-state index contributed by atoms with van der Waals surface area (Å²) in [6.07, 6.45) is 8.36. The number of hydrogen-bond acceptors (Lipinski definition) is 5. The zero-order valence-electron chi connectivity index (χ0n) is 11.1. The first-order valence-corrected chi connectivity index (χ1v) is 6.10. The number of rotatable bonds is 4. The van der Waals surface area contributed by atoms with Crippen LogP contribution in [0, 0.1) is 29.6 Å². The van der Waals surface area contributed by atoms with Gasteiger partial charge in [-0.15, -0.1) is 0 Å². The van der Waals surface area contributed by atoms with Crippen molar-refractivity contribution in [2.75, 3.05) is 5.32 Å². The van der Waals surface area contributed by atoms with E-state index in [4.69, 9.17) is 22.1 Å². The van der Waals surface area contributed by atoms with Crippen molar-refractivity contribution in [3.05, 3.63) is 52.6 Å². The molecule has 0 aromatic carbocycles. The number of nitrogens with zero attached hydrogens (tertiary/aromatic N) is 4. The van der Waals surface area contributed by atoms with Gasteiger partial charge in [-0.05, 0) is 32.1 Å². The van der Waals surface area contributed by atoms with Gasteiger partial charge in [0.25, 0.3) is 0 Å². The van der Waals surface area contributed by atoms with Crippen LogP contribution in [0.4, 0.5) is 5.82 Å². The van der Waals surface area contributed by atoms with Crippen molar-refractivity contribution in [3.63, 3.8) is 0 Å². The van der Waals surface area contributed by atoms with Gasteiger partial charge in [-0.3, -0.25) is 0 Å². The molecule has 0 amide bonds. The summed E-state index contributed by atoms with van der Waals surface area (Å²) in [4.78, 5) is 8.05. The van der Waals surface area contributed by atoms with Crippen LogP contribution in [-0.2, 0) is 0 Å². The Kier molecular flexibility index (Phi) is 5.96. The number of nitriles is 2. The highest BCUT2D eigenvalue weighted by Gasteiger charge is 2.07. The number of hydrogen-bond donors (Lipinski definition) is 1. The zero-order chi connectivity index (χ0) is 15.0. The summed E-state index contributed by atoms with van der Waals surface area (Å²) in [5.74, 6) is 0.359. The molecule has 0 aliphatic heterocycles. The molecule has 0 spiro atoms. The quantitative estimate of drug-likeness (QED) is 0.678. The van der Waals surface area contributed by atoms with E-state index in [1.165, 1.54) is 0 Å². The van der Waals surface area contributed by atoms with Crippen LogP contribution < -0.4 is 5.32 Å². The zero-order valence-corrected chi connectivity index (χ0v) is 11.8. The topological polar surface area (TPSA) is 85.4 Å². The highest BCUT2D eigenvalue weighted by Crippen LogP contribution is 2.18. The van der Waals surface area contributed by atoms with Crippen LogP contribution in [0.5, 0.6) is 0 Å². The highest BCUT2D eigenvalue weighted by atomic mass is 35.5. The van der Waals surface area contributed by atoms with Gasteiger partial charge in [0.15, 0.2) is 16.7 Å². The third kappa shape index (κ3) is 4.24. The number of halogens is 1. The molecule has 0 radical (unpaired) electrons. The minimum atomic E-state index is 0.120. The van der Waals surface area contributed by atoms with Crippen LogP contribution in [0.1, 0.15) is 18.3 Å². The standard InChI is InChI=1S/C14H12ClN5/c1-3-5-11(8-16)6-4-7-18-14-13(15)20-12(9-17)10(2)19-14/h3-7H,1-2H3,(H,18,19)/b5-3-,7-4+,11-6+. The number of allylic oxidation sites excluding steroid dienone is 5. The van der Waals surface area contributed by atoms with Crippen molar-refractivity contribution in [2.45, 2.75) is 13.8 Å². The van der Waals surface area contributed by atoms with Gasteiger partial charge in [-0.25, -0.2) is 9.97 Å². The van der Waals surface area contributed by atoms with E-state index >= 15 is 0 Å². The molecule has 0 bridgehead atoms. The van der Waals surface area contributed by atoms with Crippen molar-refractivity contribution in [3.8, 4) is 12.1 Å². The fourth-order valence-electron chi connectivity index (χ4n) is 1.29. The number of aromatic nitrogens is 2. The van der Waals surface area contributed by atoms with Gasteiger partial charge in [-0.2, -0.15) is 10.5 Å². The van der Waals surface area contributed by atoms with Crippen LogP contribution in [0.25, 0.3) is 0 Å². The molecule has 0 fully saturated rings. The Morgan fingerprint density at radius 3 is 2.70 bits per heavy atom. The molecule has 0 saturated heterocycles. The molecule has 1 aromatic heterocycles. The lowest BCUT2D eigenvalue weighted by Gasteiger charge is -2.04. The molecular weight excluding hydrogens is 274 g/mol. The molecule has 1 aromatic rings. The van der Waals surface area contributed by atoms with E-state index in [1.807, 2.05) is 19.1 Å². The second-order valence-corrected chi connectivity index (χ2v) is 4.00. The van der Waals surface area contributed by atoms with E-state index < -0.39 is 0 Å². The molecule has 0 aliphatic carbocycles. The Labute approximate surface area is 122 Å². The highest BCUT2D eigenvalue weighted by molar-refractivity contribution is 6.31.